The molecule has 0 aliphatic rings. The summed E-state index contributed by atoms with van der Waals surface area (Å²) in [7, 11) is 0. The third-order valence-corrected chi connectivity index (χ3v) is 3.56. The highest BCUT2D eigenvalue weighted by Gasteiger charge is 2.34. The molecule has 112 valence electrons. The van der Waals surface area contributed by atoms with Crippen LogP contribution in [0.1, 0.15) is 11.3 Å². The van der Waals surface area contributed by atoms with E-state index in [2.05, 4.69) is 10.3 Å². The molecule has 0 fully saturated rings. The molecule has 1 heterocycles. The van der Waals surface area contributed by atoms with Gasteiger partial charge in [0.2, 0.25) is 0 Å². The van der Waals surface area contributed by atoms with Crippen molar-refractivity contribution in [1.82, 2.24) is 4.98 Å². The van der Waals surface area contributed by atoms with Gasteiger partial charge >= 0.3 is 12.1 Å². The lowest BCUT2D eigenvalue weighted by Crippen LogP contribution is -2.09. The van der Waals surface area contributed by atoms with E-state index in [4.69, 9.17) is 16.7 Å². The molecule has 2 aromatic rings. The fraction of sp³-hybridized carbons (Fsp3) is 0.167. The predicted octanol–water partition coefficient (Wildman–Crippen LogP) is 4.19. The van der Waals surface area contributed by atoms with Crippen molar-refractivity contribution < 1.29 is 23.1 Å². The van der Waals surface area contributed by atoms with Crippen LogP contribution in [0.4, 0.5) is 24.0 Å². The van der Waals surface area contributed by atoms with E-state index in [0.29, 0.717) is 0 Å². The van der Waals surface area contributed by atoms with Crippen molar-refractivity contribution in [3.05, 3.63) is 39.9 Å². The van der Waals surface area contributed by atoms with E-state index in [9.17, 15) is 18.0 Å². The van der Waals surface area contributed by atoms with Gasteiger partial charge in [0.1, 0.15) is 0 Å². The lowest BCUT2D eigenvalue weighted by atomic mass is 10.1. The number of hydrogen-bond donors (Lipinski definition) is 2. The van der Waals surface area contributed by atoms with Crippen LogP contribution in [-0.4, -0.2) is 16.1 Å². The number of thiazole rings is 1. The number of aliphatic carboxylic acids is 1. The van der Waals surface area contributed by atoms with Gasteiger partial charge in [-0.1, -0.05) is 17.7 Å². The van der Waals surface area contributed by atoms with E-state index in [1.54, 1.807) is 0 Å². The van der Waals surface area contributed by atoms with Crippen LogP contribution < -0.4 is 5.32 Å². The van der Waals surface area contributed by atoms with Gasteiger partial charge in [0.05, 0.1) is 28.4 Å². The Bertz CT molecular complexity index is 673. The monoisotopic (exact) mass is 336 g/mol. The summed E-state index contributed by atoms with van der Waals surface area (Å²) in [4.78, 5) is 14.5. The number of halogens is 4. The number of hydrogen-bond acceptors (Lipinski definition) is 4. The number of benzene rings is 1. The summed E-state index contributed by atoms with van der Waals surface area (Å²) >= 11 is 6.80. The molecule has 0 atom stereocenters. The van der Waals surface area contributed by atoms with Crippen LogP contribution >= 0.6 is 22.9 Å². The maximum absolute atomic E-state index is 12.9. The zero-order valence-corrected chi connectivity index (χ0v) is 11.8. The Hall–Kier alpha value is -1.80. The van der Waals surface area contributed by atoms with Crippen molar-refractivity contribution in [3.8, 4) is 0 Å². The third-order valence-electron chi connectivity index (χ3n) is 2.44. The normalized spacial score (nSPS) is 11.4. The Kier molecular flexibility index (Phi) is 4.38. The first-order valence-electron chi connectivity index (χ1n) is 5.56. The second-order valence-electron chi connectivity index (χ2n) is 4.00. The summed E-state index contributed by atoms with van der Waals surface area (Å²) in [5.41, 5.74) is -0.955. The smallest absolute Gasteiger partial charge is 0.418 e. The molecule has 0 amide bonds. The van der Waals surface area contributed by atoms with Gasteiger partial charge in [-0.05, 0) is 12.1 Å². The topological polar surface area (TPSA) is 62.2 Å². The first-order valence-corrected chi connectivity index (χ1v) is 6.82. The second-order valence-corrected chi connectivity index (χ2v) is 5.26. The van der Waals surface area contributed by atoms with Crippen LogP contribution in [0.25, 0.3) is 0 Å². The van der Waals surface area contributed by atoms with Crippen molar-refractivity contribution in [1.29, 1.82) is 0 Å². The SMILES string of the molecule is O=C(O)Cc1csc(Nc2c(Cl)cccc2C(F)(F)F)n1. The molecule has 0 aliphatic heterocycles. The van der Waals surface area contributed by atoms with Gasteiger partial charge in [-0.3, -0.25) is 4.79 Å². The Morgan fingerprint density at radius 2 is 2.14 bits per heavy atom. The highest BCUT2D eigenvalue weighted by Crippen LogP contribution is 2.40. The molecular weight excluding hydrogens is 329 g/mol. The van der Waals surface area contributed by atoms with Crippen LogP contribution in [0.3, 0.4) is 0 Å². The van der Waals surface area contributed by atoms with E-state index in [1.807, 2.05) is 0 Å². The number of rotatable bonds is 4. The van der Waals surface area contributed by atoms with E-state index < -0.39 is 17.7 Å². The fourth-order valence-corrected chi connectivity index (χ4v) is 2.53. The average Bonchev–Trinajstić information content (AvgIpc) is 2.77. The zero-order valence-electron chi connectivity index (χ0n) is 10.2. The quantitative estimate of drug-likeness (QED) is 0.879. The Balaban J connectivity index is 2.31. The lowest BCUT2D eigenvalue weighted by molar-refractivity contribution is -0.137. The molecule has 2 N–H and O–H groups in total. The number of carboxylic acids is 1. The van der Waals surface area contributed by atoms with Gasteiger partial charge in [0.15, 0.2) is 5.13 Å². The number of nitrogens with zero attached hydrogens (tertiary/aromatic N) is 1. The molecule has 0 unspecified atom stereocenters. The molecule has 9 heteroatoms. The lowest BCUT2D eigenvalue weighted by Gasteiger charge is -2.14. The van der Waals surface area contributed by atoms with E-state index >= 15 is 0 Å². The molecule has 1 aromatic carbocycles. The molecule has 21 heavy (non-hydrogen) atoms. The van der Waals surface area contributed by atoms with E-state index in [-0.39, 0.29) is 28.0 Å². The van der Waals surface area contributed by atoms with Gasteiger partial charge in [0, 0.05) is 5.38 Å². The van der Waals surface area contributed by atoms with Crippen molar-refractivity contribution in [2.75, 3.05) is 5.32 Å². The fourth-order valence-electron chi connectivity index (χ4n) is 1.59. The standard InChI is InChI=1S/C12H8ClF3N2O2S/c13-8-3-1-2-7(12(14,15)16)10(8)18-11-17-6(5-21-11)4-9(19)20/h1-3,5H,4H2,(H,17,18)(H,19,20). The predicted molar refractivity (Wildman–Crippen MR) is 73.2 cm³/mol. The van der Waals surface area contributed by atoms with Crippen molar-refractivity contribution >= 4 is 39.7 Å². The molecule has 2 rings (SSSR count). The number of carboxylic acid groups (broad SMARTS) is 1. The van der Waals surface area contributed by atoms with Crippen LogP contribution in [0.5, 0.6) is 0 Å². The number of carbonyl (C=O) groups is 1. The molecule has 0 bridgehead atoms. The maximum Gasteiger partial charge on any atom is 0.418 e. The molecule has 0 spiro atoms. The first-order chi connectivity index (χ1) is 9.77. The third kappa shape index (κ3) is 3.85. The molecule has 0 saturated heterocycles. The van der Waals surface area contributed by atoms with Crippen molar-refractivity contribution in [2.45, 2.75) is 12.6 Å². The first kappa shape index (κ1) is 15.6. The second kappa shape index (κ2) is 5.90. The highest BCUT2D eigenvalue weighted by atomic mass is 35.5. The Morgan fingerprint density at radius 1 is 1.43 bits per heavy atom. The number of para-hydroxylation sites is 1. The van der Waals surface area contributed by atoms with Crippen molar-refractivity contribution in [2.24, 2.45) is 0 Å². The Morgan fingerprint density at radius 3 is 2.76 bits per heavy atom. The minimum atomic E-state index is -4.56. The van der Waals surface area contributed by atoms with Crippen LogP contribution in [-0.2, 0) is 17.4 Å². The van der Waals surface area contributed by atoms with E-state index in [1.165, 1.54) is 17.5 Å². The summed E-state index contributed by atoms with van der Waals surface area (Å²) in [5, 5.41) is 12.6. The minimum absolute atomic E-state index is 0.0974. The molecule has 0 saturated carbocycles. The number of alkyl halides is 3. The largest absolute Gasteiger partial charge is 0.481 e. The summed E-state index contributed by atoms with van der Waals surface area (Å²) in [6, 6.07) is 3.43. The number of anilines is 2. The molecule has 0 aliphatic carbocycles. The van der Waals surface area contributed by atoms with Crippen LogP contribution in [0, 0.1) is 0 Å². The summed E-state index contributed by atoms with van der Waals surface area (Å²) < 4.78 is 38.7. The highest BCUT2D eigenvalue weighted by molar-refractivity contribution is 7.13. The van der Waals surface area contributed by atoms with Crippen molar-refractivity contribution in [3.63, 3.8) is 0 Å². The number of nitrogens with one attached hydrogen (secondary N) is 1. The summed E-state index contributed by atoms with van der Waals surface area (Å²) in [6.45, 7) is 0. The summed E-state index contributed by atoms with van der Waals surface area (Å²) in [6.07, 6.45) is -4.86. The van der Waals surface area contributed by atoms with Gasteiger partial charge in [-0.15, -0.1) is 11.3 Å². The summed E-state index contributed by atoms with van der Waals surface area (Å²) in [5.74, 6) is -1.07. The van der Waals surface area contributed by atoms with Gasteiger partial charge in [0.25, 0.3) is 0 Å². The molecule has 1 aromatic heterocycles. The van der Waals surface area contributed by atoms with Gasteiger partial charge < -0.3 is 10.4 Å². The molecular formula is C12H8ClF3N2O2S. The van der Waals surface area contributed by atoms with Gasteiger partial charge in [-0.25, -0.2) is 4.98 Å². The minimum Gasteiger partial charge on any atom is -0.481 e. The number of aromatic nitrogens is 1. The average molecular weight is 337 g/mol. The molecule has 4 nitrogen and oxygen atoms in total. The van der Waals surface area contributed by atoms with Crippen LogP contribution in [0.2, 0.25) is 5.02 Å². The van der Waals surface area contributed by atoms with Crippen LogP contribution in [0.15, 0.2) is 23.6 Å². The Labute approximate surface area is 126 Å². The van der Waals surface area contributed by atoms with Gasteiger partial charge in [-0.2, -0.15) is 13.2 Å². The maximum atomic E-state index is 12.9. The molecule has 0 radical (unpaired) electrons. The van der Waals surface area contributed by atoms with E-state index in [0.717, 1.165) is 17.4 Å². The zero-order chi connectivity index (χ0) is 15.6.